The molecular weight excluding hydrogens is 691 g/mol. The highest BCUT2D eigenvalue weighted by atomic mass is 16.5. The van der Waals surface area contributed by atoms with Crippen molar-refractivity contribution in [2.75, 3.05) is 20.2 Å². The largest absolute Gasteiger partial charge is 0.465 e. The molecule has 4 N–H and O–H groups in total. The van der Waals surface area contributed by atoms with E-state index in [4.69, 9.17) is 9.72 Å². The lowest BCUT2D eigenvalue weighted by molar-refractivity contribution is 0.128. The predicted molar refractivity (Wildman–Crippen MR) is 217 cm³/mol. The maximum Gasteiger partial charge on any atom is 0.407 e. The highest BCUT2D eigenvalue weighted by molar-refractivity contribution is 5.90. The maximum absolute atomic E-state index is 12.2. The molecule has 288 valence electrons. The van der Waals surface area contributed by atoms with E-state index in [1.54, 1.807) is 6.20 Å². The molecule has 2 aliphatic heterocycles. The molecule has 4 heterocycles. The quantitative estimate of drug-likeness (QED) is 0.0881. The molecule has 4 atom stereocenters. The number of H-pyrrole nitrogens is 2. The number of benzene rings is 3. The minimum absolute atomic E-state index is 0.000415. The van der Waals surface area contributed by atoms with Crippen molar-refractivity contribution >= 4 is 23.0 Å². The number of alkyl carbamates (subject to hydrolysis) is 1. The van der Waals surface area contributed by atoms with Crippen LogP contribution in [0.15, 0.2) is 85.2 Å². The number of nitrogens with one attached hydrogen (secondary N) is 3. The summed E-state index contributed by atoms with van der Waals surface area (Å²) in [6, 6.07) is 21.6. The van der Waals surface area contributed by atoms with Crippen molar-refractivity contribution in [2.24, 2.45) is 5.92 Å². The summed E-state index contributed by atoms with van der Waals surface area (Å²) < 4.78 is 4.95. The Bertz CT molecular complexity index is 2140. The molecule has 0 radical (unpaired) electrons. The van der Waals surface area contributed by atoms with E-state index in [9.17, 15) is 14.7 Å². The fourth-order valence-corrected chi connectivity index (χ4v) is 8.34. The van der Waals surface area contributed by atoms with Crippen molar-refractivity contribution in [1.82, 2.24) is 35.1 Å². The zero-order chi connectivity index (χ0) is 38.6. The van der Waals surface area contributed by atoms with Gasteiger partial charge >= 0.3 is 12.2 Å². The van der Waals surface area contributed by atoms with Gasteiger partial charge in [0.05, 0.1) is 43.0 Å². The van der Waals surface area contributed by atoms with Gasteiger partial charge in [-0.05, 0) is 77.6 Å². The molecular formula is C44H53N7O4. The number of rotatable bonds is 13. The van der Waals surface area contributed by atoms with Crippen molar-refractivity contribution in [1.29, 1.82) is 0 Å². The maximum atomic E-state index is 12.2. The summed E-state index contributed by atoms with van der Waals surface area (Å²) in [5.41, 5.74) is 7.39. The summed E-state index contributed by atoms with van der Waals surface area (Å²) in [5, 5.41) is 14.9. The number of imidazole rings is 2. The van der Waals surface area contributed by atoms with Gasteiger partial charge in [0.2, 0.25) is 0 Å². The Labute approximate surface area is 323 Å². The van der Waals surface area contributed by atoms with E-state index in [1.807, 2.05) is 6.20 Å². The Morgan fingerprint density at radius 1 is 0.927 bits per heavy atom. The normalized spacial score (nSPS) is 18.6. The second-order valence-corrected chi connectivity index (χ2v) is 15.5. The van der Waals surface area contributed by atoms with E-state index in [-0.39, 0.29) is 36.2 Å². The number of likely N-dealkylation sites (tertiary alicyclic amines) is 2. The Hall–Kier alpha value is -5.42. The Morgan fingerprint density at radius 2 is 1.55 bits per heavy atom. The first-order chi connectivity index (χ1) is 26.6. The number of aromatic amines is 2. The average molecular weight is 744 g/mol. The van der Waals surface area contributed by atoms with Crippen LogP contribution in [-0.2, 0) is 4.74 Å². The van der Waals surface area contributed by atoms with Crippen molar-refractivity contribution in [3.8, 4) is 33.6 Å². The first-order valence-electron chi connectivity index (χ1n) is 19.6. The number of carboxylic acid groups (broad SMARTS) is 1. The number of methoxy groups -OCH3 is 1. The van der Waals surface area contributed by atoms with Crippen molar-refractivity contribution in [3.63, 3.8) is 0 Å². The van der Waals surface area contributed by atoms with Crippen LogP contribution in [0.25, 0.3) is 44.4 Å². The predicted octanol–water partition coefficient (Wildman–Crippen LogP) is 9.73. The summed E-state index contributed by atoms with van der Waals surface area (Å²) in [5.74, 6) is 1.91. The van der Waals surface area contributed by atoms with Crippen LogP contribution in [0, 0.1) is 5.92 Å². The molecule has 2 amide bonds. The smallest absolute Gasteiger partial charge is 0.407 e. The number of hydrogen-bond acceptors (Lipinski definition) is 6. The molecule has 11 nitrogen and oxygen atoms in total. The number of aromatic nitrogens is 4. The molecule has 2 saturated heterocycles. The molecule has 0 spiro atoms. The Balaban J connectivity index is 1.06. The van der Waals surface area contributed by atoms with Crippen LogP contribution >= 0.6 is 0 Å². The summed E-state index contributed by atoms with van der Waals surface area (Å²) in [4.78, 5) is 44.3. The first kappa shape index (κ1) is 37.9. The number of hydrogen-bond donors (Lipinski definition) is 4. The highest BCUT2D eigenvalue weighted by Crippen LogP contribution is 2.39. The number of carbonyl (C=O) groups is 2. The van der Waals surface area contributed by atoms with Crippen LogP contribution in [0.5, 0.6) is 0 Å². The molecule has 7 rings (SSSR count). The number of fused-ring (bicyclic) bond motifs is 1. The second-order valence-electron chi connectivity index (χ2n) is 15.5. The van der Waals surface area contributed by atoms with Crippen molar-refractivity contribution < 1.29 is 19.4 Å². The van der Waals surface area contributed by atoms with Gasteiger partial charge in [-0.1, -0.05) is 94.3 Å². The van der Waals surface area contributed by atoms with E-state index >= 15 is 0 Å². The van der Waals surface area contributed by atoms with Crippen LogP contribution in [0.1, 0.15) is 89.4 Å². The van der Waals surface area contributed by atoms with Gasteiger partial charge in [0.25, 0.3) is 0 Å². The van der Waals surface area contributed by atoms with Gasteiger partial charge in [0.1, 0.15) is 11.6 Å². The third-order valence-electron chi connectivity index (χ3n) is 11.5. The van der Waals surface area contributed by atoms with Gasteiger partial charge in [0, 0.05) is 30.7 Å². The number of carbonyl (C=O) groups excluding carboxylic acids is 1. The summed E-state index contributed by atoms with van der Waals surface area (Å²) in [7, 11) is 1.42. The van der Waals surface area contributed by atoms with Gasteiger partial charge in [-0.2, -0.15) is 0 Å². The van der Waals surface area contributed by atoms with Gasteiger partial charge < -0.3 is 25.1 Å². The van der Waals surface area contributed by atoms with Crippen molar-refractivity contribution in [2.45, 2.75) is 89.9 Å². The lowest BCUT2D eigenvalue weighted by Gasteiger charge is -2.35. The third kappa shape index (κ3) is 8.32. The van der Waals surface area contributed by atoms with Gasteiger partial charge in [-0.15, -0.1) is 0 Å². The monoisotopic (exact) mass is 743 g/mol. The molecule has 4 unspecified atom stereocenters. The molecule has 5 aromatic rings. The third-order valence-corrected chi connectivity index (χ3v) is 11.5. The van der Waals surface area contributed by atoms with Gasteiger partial charge in [-0.25, -0.2) is 19.6 Å². The van der Waals surface area contributed by atoms with Crippen LogP contribution in [0.3, 0.4) is 0 Å². The molecule has 0 saturated carbocycles. The van der Waals surface area contributed by atoms with Crippen LogP contribution in [-0.4, -0.2) is 79.3 Å². The summed E-state index contributed by atoms with van der Waals surface area (Å²) in [6.45, 7) is 12.3. The molecule has 0 bridgehead atoms. The molecule has 2 aliphatic rings. The van der Waals surface area contributed by atoms with Crippen molar-refractivity contribution in [3.05, 3.63) is 96.9 Å². The molecule has 0 aliphatic carbocycles. The zero-order valence-corrected chi connectivity index (χ0v) is 32.3. The molecule has 55 heavy (non-hydrogen) atoms. The number of nitrogens with zero attached hydrogens (tertiary/aromatic N) is 4. The summed E-state index contributed by atoms with van der Waals surface area (Å²) >= 11 is 0. The summed E-state index contributed by atoms with van der Waals surface area (Å²) in [6.07, 6.45) is 9.01. The molecule has 2 fully saturated rings. The minimum Gasteiger partial charge on any atom is -0.465 e. The average Bonchev–Trinajstić information content (AvgIpc) is 4.02. The first-order valence-corrected chi connectivity index (χ1v) is 19.6. The Morgan fingerprint density at radius 3 is 2.20 bits per heavy atom. The van der Waals surface area contributed by atoms with E-state index in [0.717, 1.165) is 102 Å². The number of amides is 2. The van der Waals surface area contributed by atoms with E-state index in [2.05, 4.69) is 113 Å². The second kappa shape index (κ2) is 16.5. The lowest BCUT2D eigenvalue weighted by Crippen LogP contribution is -2.45. The molecule has 3 aromatic carbocycles. The molecule has 11 heteroatoms. The number of ether oxygens (including phenoxy) is 1. The van der Waals surface area contributed by atoms with E-state index < -0.39 is 6.09 Å². The minimum atomic E-state index is -0.902. The van der Waals surface area contributed by atoms with E-state index in [0.29, 0.717) is 12.4 Å². The van der Waals surface area contributed by atoms with E-state index in [1.165, 1.54) is 17.6 Å². The van der Waals surface area contributed by atoms with Crippen LogP contribution in [0.4, 0.5) is 9.59 Å². The van der Waals surface area contributed by atoms with Crippen LogP contribution < -0.4 is 5.32 Å². The van der Waals surface area contributed by atoms with Gasteiger partial charge in [0.15, 0.2) is 0 Å². The molecule has 2 aromatic heterocycles. The SMILES string of the molecule is C=C1CC(c2ncc(-c3ccc4cc(-c5ccc(-c6cnc(C7CCCN7C(=O)O)[nH]6)cc5)ccc4c3)[nH]2)N(C(CCCC)CC(NC(=O)OC)C(C)C)C1. The zero-order valence-electron chi connectivity index (χ0n) is 32.3. The topological polar surface area (TPSA) is 139 Å². The lowest BCUT2D eigenvalue weighted by atomic mass is 9.92. The fourth-order valence-electron chi connectivity index (χ4n) is 8.34. The van der Waals surface area contributed by atoms with Crippen LogP contribution in [0.2, 0.25) is 0 Å². The standard InChI is InChI=1S/C44H53N7O4/c1-6-7-9-35(23-36(27(2)3)49-43(52)55-5)51-26-28(4)20-40(51)42-46-25-38(48-42)34-18-17-32-21-31(15-16-33(32)22-34)29-11-13-30(14-12-29)37-24-45-41(47-37)39-10-8-19-50(39)44(53)54/h11-18,21-22,24-25,27,35-36,39-40H,4,6-10,19-20,23,26H2,1-3,5H3,(H,45,47)(H,46,48)(H,49,52)(H,53,54). The highest BCUT2D eigenvalue weighted by Gasteiger charge is 2.37. The van der Waals surface area contributed by atoms with Gasteiger partial charge in [-0.3, -0.25) is 9.80 Å². The number of unbranched alkanes of at least 4 members (excludes halogenated alkanes) is 1. The fraction of sp³-hybridized carbons (Fsp3) is 0.409. The Kier molecular flexibility index (Phi) is 11.4.